The van der Waals surface area contributed by atoms with E-state index in [4.69, 9.17) is 10.5 Å². The minimum Gasteiger partial charge on any atom is -0.462 e. The Hall–Kier alpha value is -2.64. The zero-order chi connectivity index (χ0) is 13.1. The van der Waals surface area contributed by atoms with Crippen LogP contribution in [0.4, 0.5) is 5.82 Å². The van der Waals surface area contributed by atoms with Gasteiger partial charge in [0.1, 0.15) is 11.4 Å². The van der Waals surface area contributed by atoms with Crippen LogP contribution in [0.15, 0.2) is 23.1 Å². The normalized spacial score (nSPS) is 10.3. The second-order valence-corrected chi connectivity index (χ2v) is 3.36. The summed E-state index contributed by atoms with van der Waals surface area (Å²) in [7, 11) is 0. The number of H-pyrrole nitrogens is 1. The lowest BCUT2D eigenvalue weighted by atomic mass is 10.3. The molecule has 2 aromatic heterocycles. The summed E-state index contributed by atoms with van der Waals surface area (Å²) < 4.78 is 6.06. The van der Waals surface area contributed by atoms with Crippen LogP contribution < -0.4 is 11.3 Å². The van der Waals surface area contributed by atoms with E-state index in [2.05, 4.69) is 15.3 Å². The van der Waals surface area contributed by atoms with E-state index in [1.807, 2.05) is 0 Å². The third kappa shape index (κ3) is 2.08. The van der Waals surface area contributed by atoms with E-state index >= 15 is 0 Å². The first-order valence-corrected chi connectivity index (χ1v) is 5.20. The third-order valence-corrected chi connectivity index (χ3v) is 2.18. The summed E-state index contributed by atoms with van der Waals surface area (Å²) >= 11 is 0. The molecule has 0 amide bonds. The van der Waals surface area contributed by atoms with Crippen molar-refractivity contribution < 1.29 is 9.53 Å². The lowest BCUT2D eigenvalue weighted by molar-refractivity contribution is 0.0527. The number of carbonyl (C=O) groups excluding carboxylic acids is 1. The van der Waals surface area contributed by atoms with Gasteiger partial charge in [-0.2, -0.15) is 14.9 Å². The van der Waals surface area contributed by atoms with Crippen LogP contribution in [0, 0.1) is 0 Å². The molecule has 2 rings (SSSR count). The van der Waals surface area contributed by atoms with Gasteiger partial charge >= 0.3 is 5.97 Å². The molecule has 8 nitrogen and oxygen atoms in total. The second kappa shape index (κ2) is 4.70. The van der Waals surface area contributed by atoms with Crippen LogP contribution in [0.2, 0.25) is 0 Å². The molecule has 2 heterocycles. The average molecular weight is 249 g/mol. The number of nitrogens with two attached hydrogens (primary N) is 1. The Morgan fingerprint density at radius 1 is 1.56 bits per heavy atom. The van der Waals surface area contributed by atoms with Crippen LogP contribution in [0.3, 0.4) is 0 Å². The average Bonchev–Trinajstić information content (AvgIpc) is 2.73. The van der Waals surface area contributed by atoms with Crippen LogP contribution in [0.5, 0.6) is 0 Å². The van der Waals surface area contributed by atoms with Gasteiger partial charge in [0, 0.05) is 6.07 Å². The van der Waals surface area contributed by atoms with Crippen molar-refractivity contribution >= 4 is 11.8 Å². The maximum atomic E-state index is 11.5. The Kier molecular flexibility index (Phi) is 3.09. The molecule has 2 aromatic rings. The predicted molar refractivity (Wildman–Crippen MR) is 62.3 cm³/mol. The van der Waals surface area contributed by atoms with Gasteiger partial charge in [0.2, 0.25) is 0 Å². The fourth-order valence-corrected chi connectivity index (χ4v) is 1.36. The summed E-state index contributed by atoms with van der Waals surface area (Å²) in [6.45, 7) is 1.95. The Labute approximate surface area is 101 Å². The topological polar surface area (TPSA) is 116 Å². The summed E-state index contributed by atoms with van der Waals surface area (Å²) in [6, 6.07) is 2.73. The molecule has 0 spiro atoms. The van der Waals surface area contributed by atoms with E-state index in [-0.39, 0.29) is 23.5 Å². The van der Waals surface area contributed by atoms with E-state index in [0.717, 1.165) is 0 Å². The second-order valence-electron chi connectivity index (χ2n) is 3.36. The molecule has 0 bridgehead atoms. The van der Waals surface area contributed by atoms with Crippen molar-refractivity contribution in [1.82, 2.24) is 20.0 Å². The molecule has 0 unspecified atom stereocenters. The number of hydrogen-bond acceptors (Lipinski definition) is 6. The zero-order valence-corrected chi connectivity index (χ0v) is 9.58. The Morgan fingerprint density at radius 2 is 2.33 bits per heavy atom. The van der Waals surface area contributed by atoms with Crippen LogP contribution in [0.1, 0.15) is 17.3 Å². The summed E-state index contributed by atoms with van der Waals surface area (Å²) in [5, 5.41) is 9.94. The summed E-state index contributed by atoms with van der Waals surface area (Å²) in [4.78, 5) is 22.4. The number of carbonyl (C=O) groups is 1. The van der Waals surface area contributed by atoms with Crippen LogP contribution in [-0.2, 0) is 4.74 Å². The van der Waals surface area contributed by atoms with Crippen molar-refractivity contribution in [2.24, 2.45) is 0 Å². The van der Waals surface area contributed by atoms with E-state index in [9.17, 15) is 9.59 Å². The highest BCUT2D eigenvalue weighted by Gasteiger charge is 2.17. The zero-order valence-electron chi connectivity index (χ0n) is 9.58. The van der Waals surface area contributed by atoms with Gasteiger partial charge in [-0.15, -0.1) is 0 Å². The molecule has 0 atom stereocenters. The largest absolute Gasteiger partial charge is 0.462 e. The van der Waals surface area contributed by atoms with Gasteiger partial charge in [0.15, 0.2) is 5.82 Å². The Bertz CT molecular complexity index is 610. The molecular formula is C10H11N5O3. The number of nitrogens with zero attached hydrogens (tertiary/aromatic N) is 3. The number of nitrogen functional groups attached to an aromatic ring is 1. The monoisotopic (exact) mass is 249 g/mol. The van der Waals surface area contributed by atoms with E-state index < -0.39 is 5.97 Å². The van der Waals surface area contributed by atoms with E-state index in [1.54, 1.807) is 6.92 Å². The van der Waals surface area contributed by atoms with Gasteiger partial charge in [-0.25, -0.2) is 9.89 Å². The standard InChI is InChI=1S/C10H11N5O3/c1-2-18-10(17)6-5-12-15(9(6)11)7-3-4-8(16)14-13-7/h3-5H,2,11H2,1H3,(H,14,16). The number of aromatic amines is 1. The fraction of sp³-hybridized carbons (Fsp3) is 0.200. The maximum absolute atomic E-state index is 11.5. The summed E-state index contributed by atoms with van der Waals surface area (Å²) in [5.74, 6) is -0.138. The first-order valence-electron chi connectivity index (χ1n) is 5.20. The molecule has 0 aromatic carbocycles. The Balaban J connectivity index is 2.39. The lowest BCUT2D eigenvalue weighted by Gasteiger charge is -2.03. The minimum atomic E-state index is -0.550. The molecule has 0 aliphatic carbocycles. The number of ether oxygens (including phenoxy) is 1. The van der Waals surface area contributed by atoms with Gasteiger partial charge in [-0.05, 0) is 13.0 Å². The fourth-order valence-electron chi connectivity index (χ4n) is 1.36. The maximum Gasteiger partial charge on any atom is 0.343 e. The molecule has 0 fully saturated rings. The van der Waals surface area contributed by atoms with Gasteiger partial charge in [-0.3, -0.25) is 4.79 Å². The van der Waals surface area contributed by atoms with Gasteiger partial charge < -0.3 is 10.5 Å². The van der Waals surface area contributed by atoms with Crippen molar-refractivity contribution in [3.05, 3.63) is 34.2 Å². The van der Waals surface area contributed by atoms with Crippen molar-refractivity contribution in [3.8, 4) is 5.82 Å². The lowest BCUT2D eigenvalue weighted by Crippen LogP contribution is -2.12. The van der Waals surface area contributed by atoms with Crippen molar-refractivity contribution in [1.29, 1.82) is 0 Å². The van der Waals surface area contributed by atoms with E-state index in [0.29, 0.717) is 5.82 Å². The number of anilines is 1. The molecule has 0 saturated carbocycles. The van der Waals surface area contributed by atoms with E-state index in [1.165, 1.54) is 23.0 Å². The highest BCUT2D eigenvalue weighted by molar-refractivity contribution is 5.94. The molecule has 3 N–H and O–H groups in total. The molecule has 0 radical (unpaired) electrons. The summed E-state index contributed by atoms with van der Waals surface area (Å²) in [6.07, 6.45) is 1.29. The molecule has 0 aliphatic heterocycles. The van der Waals surface area contributed by atoms with Gasteiger partial charge in [0.05, 0.1) is 12.8 Å². The van der Waals surface area contributed by atoms with Crippen LogP contribution >= 0.6 is 0 Å². The summed E-state index contributed by atoms with van der Waals surface area (Å²) in [5.41, 5.74) is 5.59. The minimum absolute atomic E-state index is 0.105. The number of aromatic nitrogens is 4. The smallest absolute Gasteiger partial charge is 0.343 e. The van der Waals surface area contributed by atoms with Gasteiger partial charge in [0.25, 0.3) is 5.56 Å². The molecule has 8 heteroatoms. The Morgan fingerprint density at radius 3 is 2.94 bits per heavy atom. The molecule has 0 saturated heterocycles. The third-order valence-electron chi connectivity index (χ3n) is 2.18. The van der Waals surface area contributed by atoms with Crippen LogP contribution in [-0.4, -0.2) is 32.6 Å². The number of hydrogen-bond donors (Lipinski definition) is 2. The van der Waals surface area contributed by atoms with Crippen molar-refractivity contribution in [3.63, 3.8) is 0 Å². The van der Waals surface area contributed by atoms with Crippen LogP contribution in [0.25, 0.3) is 5.82 Å². The highest BCUT2D eigenvalue weighted by Crippen LogP contribution is 2.15. The molecule has 18 heavy (non-hydrogen) atoms. The highest BCUT2D eigenvalue weighted by atomic mass is 16.5. The quantitative estimate of drug-likeness (QED) is 0.722. The molecule has 0 aliphatic rings. The first kappa shape index (κ1) is 11.8. The van der Waals surface area contributed by atoms with Crippen molar-refractivity contribution in [2.75, 3.05) is 12.3 Å². The predicted octanol–water partition coefficient (Wildman–Crippen LogP) is -0.286. The van der Waals surface area contributed by atoms with Gasteiger partial charge in [-0.1, -0.05) is 0 Å². The number of nitrogens with one attached hydrogen (secondary N) is 1. The number of esters is 1. The first-order chi connectivity index (χ1) is 8.63. The molecule has 94 valence electrons. The van der Waals surface area contributed by atoms with Crippen molar-refractivity contribution in [2.45, 2.75) is 6.92 Å². The molecular weight excluding hydrogens is 238 g/mol. The SMILES string of the molecule is CCOC(=O)c1cnn(-c2ccc(=O)[nH]n2)c1N. The number of rotatable bonds is 3.